The molecule has 1 aliphatic carbocycles. The summed E-state index contributed by atoms with van der Waals surface area (Å²) in [6, 6.07) is 10.9. The van der Waals surface area contributed by atoms with Crippen LogP contribution in [-0.4, -0.2) is 29.5 Å². The standard InChI is InChI=1S/C19H18N6/c1-2-16-15-7-4-13(12-18(15)24(23-16)14-5-6-14)17-8-11-22-25(17)19-20-9-3-10-21-19/h3-4,7-12,14H,2,5-6H2,1H3. The second-order valence-corrected chi connectivity index (χ2v) is 6.38. The van der Waals surface area contributed by atoms with Gasteiger partial charge in [0, 0.05) is 23.3 Å². The first-order valence-electron chi connectivity index (χ1n) is 8.68. The van der Waals surface area contributed by atoms with E-state index in [4.69, 9.17) is 5.10 Å². The van der Waals surface area contributed by atoms with Gasteiger partial charge in [0.1, 0.15) is 0 Å². The molecule has 4 aromatic rings. The molecule has 3 heterocycles. The highest BCUT2D eigenvalue weighted by Crippen LogP contribution is 2.38. The molecule has 6 nitrogen and oxygen atoms in total. The fourth-order valence-electron chi connectivity index (χ4n) is 3.30. The van der Waals surface area contributed by atoms with Gasteiger partial charge in [-0.15, -0.1) is 0 Å². The van der Waals surface area contributed by atoms with Crippen molar-refractivity contribution in [2.75, 3.05) is 0 Å². The van der Waals surface area contributed by atoms with Crippen LogP contribution in [0.5, 0.6) is 0 Å². The Kier molecular flexibility index (Phi) is 3.16. The summed E-state index contributed by atoms with van der Waals surface area (Å²) in [4.78, 5) is 8.63. The van der Waals surface area contributed by atoms with Crippen molar-refractivity contribution < 1.29 is 0 Å². The van der Waals surface area contributed by atoms with Crippen LogP contribution in [0.1, 0.15) is 31.5 Å². The van der Waals surface area contributed by atoms with Crippen LogP contribution in [0.2, 0.25) is 0 Å². The van der Waals surface area contributed by atoms with E-state index >= 15 is 0 Å². The minimum absolute atomic E-state index is 0.556. The van der Waals surface area contributed by atoms with Crippen LogP contribution in [0.15, 0.2) is 48.9 Å². The molecule has 3 aromatic heterocycles. The van der Waals surface area contributed by atoms with Crippen molar-refractivity contribution in [3.05, 3.63) is 54.6 Å². The fourth-order valence-corrected chi connectivity index (χ4v) is 3.30. The van der Waals surface area contributed by atoms with Gasteiger partial charge in [-0.3, -0.25) is 4.68 Å². The number of fused-ring (bicyclic) bond motifs is 1. The van der Waals surface area contributed by atoms with E-state index in [9.17, 15) is 0 Å². The third-order valence-electron chi connectivity index (χ3n) is 4.69. The van der Waals surface area contributed by atoms with Gasteiger partial charge in [0.25, 0.3) is 5.95 Å². The summed E-state index contributed by atoms with van der Waals surface area (Å²) in [5.41, 5.74) is 4.46. The van der Waals surface area contributed by atoms with Gasteiger partial charge in [0.15, 0.2) is 0 Å². The molecular weight excluding hydrogens is 312 g/mol. The van der Waals surface area contributed by atoms with Crippen molar-refractivity contribution in [2.45, 2.75) is 32.2 Å². The Balaban J connectivity index is 1.67. The van der Waals surface area contributed by atoms with Crippen LogP contribution in [0.4, 0.5) is 0 Å². The predicted molar refractivity (Wildman–Crippen MR) is 95.5 cm³/mol. The fraction of sp³-hybridized carbons (Fsp3) is 0.263. The summed E-state index contributed by atoms with van der Waals surface area (Å²) >= 11 is 0. The Hall–Kier alpha value is -3.02. The van der Waals surface area contributed by atoms with Gasteiger partial charge in [0.2, 0.25) is 0 Å². The summed E-state index contributed by atoms with van der Waals surface area (Å²) in [6.07, 6.45) is 8.64. The third kappa shape index (κ3) is 2.33. The van der Waals surface area contributed by atoms with Gasteiger partial charge in [-0.2, -0.15) is 14.9 Å². The van der Waals surface area contributed by atoms with Crippen molar-refractivity contribution in [1.29, 1.82) is 0 Å². The summed E-state index contributed by atoms with van der Waals surface area (Å²) in [7, 11) is 0. The van der Waals surface area contributed by atoms with Gasteiger partial charge in [-0.25, -0.2) is 9.97 Å². The Morgan fingerprint density at radius 2 is 1.92 bits per heavy atom. The lowest BCUT2D eigenvalue weighted by molar-refractivity contribution is 0.653. The summed E-state index contributed by atoms with van der Waals surface area (Å²) in [5, 5.41) is 10.5. The molecule has 0 bridgehead atoms. The highest BCUT2D eigenvalue weighted by atomic mass is 15.3. The van der Waals surface area contributed by atoms with Crippen molar-refractivity contribution >= 4 is 10.9 Å². The van der Waals surface area contributed by atoms with Gasteiger partial charge >= 0.3 is 0 Å². The second kappa shape index (κ2) is 5.51. The average Bonchev–Trinajstić information content (AvgIpc) is 3.27. The molecule has 1 fully saturated rings. The van der Waals surface area contributed by atoms with Crippen LogP contribution in [0.3, 0.4) is 0 Å². The lowest BCUT2D eigenvalue weighted by Crippen LogP contribution is -2.03. The highest BCUT2D eigenvalue weighted by Gasteiger charge is 2.27. The van der Waals surface area contributed by atoms with E-state index in [1.54, 1.807) is 29.3 Å². The van der Waals surface area contributed by atoms with Crippen LogP contribution >= 0.6 is 0 Å². The Bertz CT molecular complexity index is 1040. The van der Waals surface area contributed by atoms with Crippen LogP contribution in [0, 0.1) is 0 Å². The zero-order valence-electron chi connectivity index (χ0n) is 14.0. The Morgan fingerprint density at radius 1 is 1.08 bits per heavy atom. The van der Waals surface area contributed by atoms with E-state index in [0.29, 0.717) is 12.0 Å². The first kappa shape index (κ1) is 14.3. The quantitative estimate of drug-likeness (QED) is 0.574. The molecular formula is C19H18N6. The molecule has 0 saturated heterocycles. The summed E-state index contributed by atoms with van der Waals surface area (Å²) in [5.74, 6) is 0.576. The monoisotopic (exact) mass is 330 g/mol. The minimum atomic E-state index is 0.556. The molecule has 25 heavy (non-hydrogen) atoms. The first-order valence-corrected chi connectivity index (χ1v) is 8.68. The van der Waals surface area contributed by atoms with Crippen LogP contribution < -0.4 is 0 Å². The first-order chi connectivity index (χ1) is 12.3. The maximum atomic E-state index is 4.84. The molecule has 0 N–H and O–H groups in total. The predicted octanol–water partition coefficient (Wildman–Crippen LogP) is 3.58. The van der Waals surface area contributed by atoms with Gasteiger partial charge < -0.3 is 0 Å². The van der Waals surface area contributed by atoms with E-state index in [-0.39, 0.29) is 0 Å². The van der Waals surface area contributed by atoms with Gasteiger partial charge in [-0.05, 0) is 37.5 Å². The van der Waals surface area contributed by atoms with Crippen molar-refractivity contribution in [3.63, 3.8) is 0 Å². The molecule has 0 unspecified atom stereocenters. The molecule has 1 aliphatic rings. The number of hydrogen-bond donors (Lipinski definition) is 0. The topological polar surface area (TPSA) is 61.4 Å². The van der Waals surface area contributed by atoms with E-state index in [1.807, 2.05) is 6.07 Å². The molecule has 124 valence electrons. The number of nitrogens with zero attached hydrogens (tertiary/aromatic N) is 6. The molecule has 0 amide bonds. The third-order valence-corrected chi connectivity index (χ3v) is 4.69. The van der Waals surface area contributed by atoms with Crippen LogP contribution in [-0.2, 0) is 6.42 Å². The largest absolute Gasteiger partial charge is 0.262 e. The molecule has 0 atom stereocenters. The molecule has 6 heteroatoms. The van der Waals surface area contributed by atoms with E-state index in [0.717, 1.165) is 17.7 Å². The lowest BCUT2D eigenvalue weighted by atomic mass is 10.1. The number of aromatic nitrogens is 6. The Labute approximate surface area is 145 Å². The molecule has 0 aliphatic heterocycles. The molecule has 1 aromatic carbocycles. The second-order valence-electron chi connectivity index (χ2n) is 6.38. The molecule has 0 radical (unpaired) electrons. The van der Waals surface area contributed by atoms with E-state index in [1.165, 1.54) is 29.4 Å². The van der Waals surface area contributed by atoms with E-state index < -0.39 is 0 Å². The zero-order valence-corrected chi connectivity index (χ0v) is 14.0. The van der Waals surface area contributed by atoms with Crippen LogP contribution in [0.25, 0.3) is 28.1 Å². The minimum Gasteiger partial charge on any atom is -0.262 e. The number of aryl methyl sites for hydroxylation is 1. The average molecular weight is 330 g/mol. The summed E-state index contributed by atoms with van der Waals surface area (Å²) in [6.45, 7) is 2.16. The zero-order chi connectivity index (χ0) is 16.8. The molecule has 0 spiro atoms. The maximum Gasteiger partial charge on any atom is 0.251 e. The SMILES string of the molecule is CCc1nn(C2CC2)c2cc(-c3ccnn3-c3ncccn3)ccc12. The maximum absolute atomic E-state index is 4.84. The van der Waals surface area contributed by atoms with E-state index in [2.05, 4.69) is 44.9 Å². The van der Waals surface area contributed by atoms with Gasteiger partial charge in [0.05, 0.1) is 29.1 Å². The smallest absolute Gasteiger partial charge is 0.251 e. The van der Waals surface area contributed by atoms with Crippen molar-refractivity contribution in [3.8, 4) is 17.2 Å². The summed E-state index contributed by atoms with van der Waals surface area (Å²) < 4.78 is 3.98. The van der Waals surface area contributed by atoms with Crippen molar-refractivity contribution in [2.24, 2.45) is 0 Å². The Morgan fingerprint density at radius 3 is 2.68 bits per heavy atom. The highest BCUT2D eigenvalue weighted by molar-refractivity contribution is 5.86. The van der Waals surface area contributed by atoms with Crippen molar-refractivity contribution in [1.82, 2.24) is 29.5 Å². The molecule has 1 saturated carbocycles. The number of benzene rings is 1. The normalized spacial score (nSPS) is 14.3. The number of hydrogen-bond acceptors (Lipinski definition) is 4. The lowest BCUT2D eigenvalue weighted by Gasteiger charge is -2.07. The number of rotatable bonds is 4. The molecule has 5 rings (SSSR count). The van der Waals surface area contributed by atoms with Gasteiger partial charge in [-0.1, -0.05) is 19.1 Å².